The normalized spacial score (nSPS) is 15.1. The average Bonchev–Trinajstić information content (AvgIpc) is 3.13. The Morgan fingerprint density at radius 1 is 1.15 bits per heavy atom. The van der Waals surface area contributed by atoms with Gasteiger partial charge in [-0.1, -0.05) is 12.1 Å². The number of benzene rings is 2. The molecule has 1 fully saturated rings. The number of carbonyl (C=O) groups excluding carboxylic acids is 1. The summed E-state index contributed by atoms with van der Waals surface area (Å²) in [5.41, 5.74) is 1.45. The SMILES string of the molecule is O=C(NC(=S)N1CCC(c2nc3ccccc3s2)CC1)c1ccc(F)cc1. The molecule has 138 valence electrons. The van der Waals surface area contributed by atoms with Crippen LogP contribution in [0.3, 0.4) is 0 Å². The third kappa shape index (κ3) is 3.99. The van der Waals surface area contributed by atoms with Crippen LogP contribution in [-0.4, -0.2) is 34.0 Å². The fraction of sp³-hybridized carbons (Fsp3) is 0.250. The van der Waals surface area contributed by atoms with Crippen LogP contribution in [0.15, 0.2) is 48.5 Å². The summed E-state index contributed by atoms with van der Waals surface area (Å²) < 4.78 is 14.2. The molecule has 0 radical (unpaired) electrons. The van der Waals surface area contributed by atoms with E-state index in [1.54, 1.807) is 11.3 Å². The van der Waals surface area contributed by atoms with E-state index in [9.17, 15) is 9.18 Å². The van der Waals surface area contributed by atoms with E-state index in [1.807, 2.05) is 23.1 Å². The monoisotopic (exact) mass is 399 g/mol. The number of amides is 1. The van der Waals surface area contributed by atoms with E-state index in [2.05, 4.69) is 11.4 Å². The van der Waals surface area contributed by atoms with Crippen molar-refractivity contribution in [2.75, 3.05) is 13.1 Å². The number of hydrogen-bond donors (Lipinski definition) is 1. The molecule has 1 aliphatic rings. The van der Waals surface area contributed by atoms with Crippen molar-refractivity contribution in [3.63, 3.8) is 0 Å². The zero-order valence-corrected chi connectivity index (χ0v) is 16.2. The number of halogens is 1. The number of nitrogens with zero attached hydrogens (tertiary/aromatic N) is 2. The molecule has 0 spiro atoms. The van der Waals surface area contributed by atoms with Crippen molar-refractivity contribution in [2.24, 2.45) is 0 Å². The van der Waals surface area contributed by atoms with Crippen molar-refractivity contribution in [1.29, 1.82) is 0 Å². The van der Waals surface area contributed by atoms with Crippen LogP contribution in [-0.2, 0) is 0 Å². The molecular formula is C20H18FN3OS2. The van der Waals surface area contributed by atoms with E-state index in [0.29, 0.717) is 16.6 Å². The minimum atomic E-state index is -0.369. The number of nitrogens with one attached hydrogen (secondary N) is 1. The standard InChI is InChI=1S/C20H18FN3OS2/c21-15-7-5-13(6-8-15)18(25)23-20(26)24-11-9-14(10-12-24)19-22-16-3-1-2-4-17(16)27-19/h1-8,14H,9-12H2,(H,23,25,26). The molecule has 1 aromatic heterocycles. The molecule has 3 aromatic rings. The van der Waals surface area contributed by atoms with Crippen LogP contribution in [0, 0.1) is 5.82 Å². The third-order valence-electron chi connectivity index (χ3n) is 4.77. The van der Waals surface area contributed by atoms with Gasteiger partial charge in [0.2, 0.25) is 0 Å². The molecule has 0 atom stereocenters. The zero-order valence-electron chi connectivity index (χ0n) is 14.5. The minimum Gasteiger partial charge on any atom is -0.349 e. The van der Waals surface area contributed by atoms with Gasteiger partial charge in [-0.2, -0.15) is 0 Å². The van der Waals surface area contributed by atoms with Crippen molar-refractivity contribution >= 4 is 44.8 Å². The van der Waals surface area contributed by atoms with Gasteiger partial charge in [0, 0.05) is 24.6 Å². The van der Waals surface area contributed by atoms with Crippen molar-refractivity contribution < 1.29 is 9.18 Å². The van der Waals surface area contributed by atoms with Crippen molar-refractivity contribution in [1.82, 2.24) is 15.2 Å². The molecule has 7 heteroatoms. The second-order valence-electron chi connectivity index (χ2n) is 6.55. The highest BCUT2D eigenvalue weighted by molar-refractivity contribution is 7.80. The second-order valence-corrected chi connectivity index (χ2v) is 8.00. The first-order chi connectivity index (χ1) is 13.1. The first-order valence-corrected chi connectivity index (χ1v) is 10.0. The Hall–Kier alpha value is -2.38. The number of hydrogen-bond acceptors (Lipinski definition) is 4. The quantitative estimate of drug-likeness (QED) is 0.652. The fourth-order valence-corrected chi connectivity index (χ4v) is 4.66. The van der Waals surface area contributed by atoms with Gasteiger partial charge in [-0.25, -0.2) is 9.37 Å². The van der Waals surface area contributed by atoms with Crippen LogP contribution in [0.4, 0.5) is 4.39 Å². The van der Waals surface area contributed by atoms with E-state index in [4.69, 9.17) is 17.2 Å². The number of thiazole rings is 1. The highest BCUT2D eigenvalue weighted by Crippen LogP contribution is 2.33. The maximum Gasteiger partial charge on any atom is 0.257 e. The number of thiocarbonyl (C=S) groups is 1. The number of rotatable bonds is 2. The van der Waals surface area contributed by atoms with Gasteiger partial charge in [0.15, 0.2) is 5.11 Å². The summed E-state index contributed by atoms with van der Waals surface area (Å²) in [5, 5.41) is 4.35. The van der Waals surface area contributed by atoms with Crippen LogP contribution in [0.2, 0.25) is 0 Å². The molecule has 0 saturated carbocycles. The van der Waals surface area contributed by atoms with E-state index in [0.717, 1.165) is 31.4 Å². The molecule has 4 rings (SSSR count). The molecule has 0 bridgehead atoms. The van der Waals surface area contributed by atoms with Crippen LogP contribution in [0.1, 0.15) is 34.1 Å². The highest BCUT2D eigenvalue weighted by atomic mass is 32.1. The van der Waals surface area contributed by atoms with Crippen LogP contribution in [0.5, 0.6) is 0 Å². The van der Waals surface area contributed by atoms with Gasteiger partial charge in [0.1, 0.15) is 5.82 Å². The van der Waals surface area contributed by atoms with E-state index in [1.165, 1.54) is 34.0 Å². The predicted octanol–water partition coefficient (Wildman–Crippen LogP) is 4.33. The Labute approximate surface area is 166 Å². The van der Waals surface area contributed by atoms with Gasteiger partial charge in [-0.05, 0) is 61.5 Å². The molecule has 27 heavy (non-hydrogen) atoms. The lowest BCUT2D eigenvalue weighted by Gasteiger charge is -2.32. The summed E-state index contributed by atoms with van der Waals surface area (Å²) in [6.45, 7) is 1.56. The Kier molecular flexibility index (Phi) is 5.13. The molecule has 0 unspecified atom stereocenters. The summed E-state index contributed by atoms with van der Waals surface area (Å²) in [6.07, 6.45) is 1.90. The molecule has 1 amide bonds. The molecule has 4 nitrogen and oxygen atoms in total. The third-order valence-corrected chi connectivity index (χ3v) is 6.33. The lowest BCUT2D eigenvalue weighted by atomic mass is 9.98. The fourth-order valence-electron chi connectivity index (χ4n) is 3.24. The van der Waals surface area contributed by atoms with Crippen molar-refractivity contribution in [3.8, 4) is 0 Å². The molecule has 0 aliphatic carbocycles. The summed E-state index contributed by atoms with van der Waals surface area (Å²) in [4.78, 5) is 19.0. The number of carbonyl (C=O) groups is 1. The molecule has 1 aliphatic heterocycles. The number of likely N-dealkylation sites (tertiary alicyclic amines) is 1. The summed E-state index contributed by atoms with van der Waals surface area (Å²) >= 11 is 7.15. The number of fused-ring (bicyclic) bond motifs is 1. The number of para-hydroxylation sites is 1. The van der Waals surface area contributed by atoms with Gasteiger partial charge in [-0.3, -0.25) is 10.1 Å². The Morgan fingerprint density at radius 2 is 1.85 bits per heavy atom. The Balaban J connectivity index is 1.35. The molecule has 1 N–H and O–H groups in total. The first-order valence-electron chi connectivity index (χ1n) is 8.81. The first kappa shape index (κ1) is 18.0. The van der Waals surface area contributed by atoms with E-state index >= 15 is 0 Å². The van der Waals surface area contributed by atoms with Crippen molar-refractivity contribution in [3.05, 3.63) is 64.9 Å². The van der Waals surface area contributed by atoms with Crippen molar-refractivity contribution in [2.45, 2.75) is 18.8 Å². The lowest BCUT2D eigenvalue weighted by molar-refractivity contribution is 0.0972. The van der Waals surface area contributed by atoms with E-state index in [-0.39, 0.29) is 11.7 Å². The highest BCUT2D eigenvalue weighted by Gasteiger charge is 2.25. The smallest absolute Gasteiger partial charge is 0.257 e. The summed E-state index contributed by atoms with van der Waals surface area (Å²) in [5.74, 6) is -0.256. The summed E-state index contributed by atoms with van der Waals surface area (Å²) in [6, 6.07) is 13.6. The lowest BCUT2D eigenvalue weighted by Crippen LogP contribution is -2.46. The predicted molar refractivity (Wildman–Crippen MR) is 110 cm³/mol. The van der Waals surface area contributed by atoms with Gasteiger partial charge in [0.05, 0.1) is 15.2 Å². The number of aromatic nitrogens is 1. The average molecular weight is 400 g/mol. The van der Waals surface area contributed by atoms with Crippen LogP contribution in [0.25, 0.3) is 10.2 Å². The largest absolute Gasteiger partial charge is 0.349 e. The molecule has 2 aromatic carbocycles. The topological polar surface area (TPSA) is 45.2 Å². The Bertz CT molecular complexity index is 945. The Morgan fingerprint density at radius 3 is 2.56 bits per heavy atom. The second kappa shape index (κ2) is 7.70. The zero-order chi connectivity index (χ0) is 18.8. The molecule has 1 saturated heterocycles. The molecular weight excluding hydrogens is 381 g/mol. The maximum atomic E-state index is 13.0. The minimum absolute atomic E-state index is 0.312. The van der Waals surface area contributed by atoms with Crippen LogP contribution >= 0.6 is 23.6 Å². The molecule has 2 heterocycles. The van der Waals surface area contributed by atoms with E-state index < -0.39 is 0 Å². The maximum absolute atomic E-state index is 13.0. The van der Waals surface area contributed by atoms with Gasteiger partial charge >= 0.3 is 0 Å². The van der Waals surface area contributed by atoms with Gasteiger partial charge in [-0.15, -0.1) is 11.3 Å². The van der Waals surface area contributed by atoms with Gasteiger partial charge < -0.3 is 4.90 Å². The van der Waals surface area contributed by atoms with Crippen LogP contribution < -0.4 is 5.32 Å². The van der Waals surface area contributed by atoms with Gasteiger partial charge in [0.25, 0.3) is 5.91 Å². The summed E-state index contributed by atoms with van der Waals surface area (Å²) in [7, 11) is 0. The number of piperidine rings is 1.